The SMILES string of the molecule is NC1=NC=C(CCCCc2ccccc2)CS1. The van der Waals surface area contributed by atoms with Gasteiger partial charge in [0.05, 0.1) is 0 Å². The molecule has 1 aliphatic rings. The smallest absolute Gasteiger partial charge is 0.158 e. The monoisotopic (exact) mass is 246 g/mol. The van der Waals surface area contributed by atoms with Crippen LogP contribution in [0.1, 0.15) is 24.8 Å². The Kier molecular flexibility index (Phi) is 4.68. The van der Waals surface area contributed by atoms with Crippen LogP contribution in [0.3, 0.4) is 0 Å². The first kappa shape index (κ1) is 12.2. The number of amidine groups is 1. The number of nitrogens with zero attached hydrogens (tertiary/aromatic N) is 1. The van der Waals surface area contributed by atoms with Crippen LogP contribution >= 0.6 is 11.8 Å². The van der Waals surface area contributed by atoms with Gasteiger partial charge in [-0.3, -0.25) is 0 Å². The Morgan fingerprint density at radius 2 is 1.88 bits per heavy atom. The van der Waals surface area contributed by atoms with Gasteiger partial charge in [-0.1, -0.05) is 42.1 Å². The zero-order valence-electron chi connectivity index (χ0n) is 9.93. The van der Waals surface area contributed by atoms with Gasteiger partial charge in [0.2, 0.25) is 0 Å². The fraction of sp³-hybridized carbons (Fsp3) is 0.357. The molecule has 1 heterocycles. The van der Waals surface area contributed by atoms with Crippen LogP contribution in [0.25, 0.3) is 0 Å². The third-order valence-electron chi connectivity index (χ3n) is 2.84. The molecule has 0 bridgehead atoms. The highest BCUT2D eigenvalue weighted by atomic mass is 32.2. The second-order valence-corrected chi connectivity index (χ2v) is 5.23. The fourth-order valence-electron chi connectivity index (χ4n) is 1.86. The highest BCUT2D eigenvalue weighted by Crippen LogP contribution is 2.19. The zero-order chi connectivity index (χ0) is 11.9. The molecule has 0 aromatic heterocycles. The van der Waals surface area contributed by atoms with E-state index in [2.05, 4.69) is 35.3 Å². The van der Waals surface area contributed by atoms with Gasteiger partial charge < -0.3 is 5.73 Å². The molecule has 3 heteroatoms. The van der Waals surface area contributed by atoms with E-state index in [9.17, 15) is 0 Å². The van der Waals surface area contributed by atoms with E-state index in [1.807, 2.05) is 6.20 Å². The van der Waals surface area contributed by atoms with Crippen LogP contribution in [0.4, 0.5) is 0 Å². The molecule has 0 fully saturated rings. The molecule has 0 aliphatic carbocycles. The Morgan fingerprint density at radius 1 is 1.12 bits per heavy atom. The topological polar surface area (TPSA) is 38.4 Å². The first-order valence-electron chi connectivity index (χ1n) is 6.02. The van der Waals surface area contributed by atoms with E-state index in [0.717, 1.165) is 12.2 Å². The Morgan fingerprint density at radius 3 is 2.59 bits per heavy atom. The van der Waals surface area contributed by atoms with Crippen molar-refractivity contribution in [1.82, 2.24) is 0 Å². The lowest BCUT2D eigenvalue weighted by molar-refractivity contribution is 0.729. The molecule has 1 aromatic carbocycles. The van der Waals surface area contributed by atoms with Gasteiger partial charge in [0.15, 0.2) is 5.17 Å². The normalized spacial score (nSPS) is 15.3. The molecular weight excluding hydrogens is 228 g/mol. The third-order valence-corrected chi connectivity index (χ3v) is 3.75. The lowest BCUT2D eigenvalue weighted by Gasteiger charge is -2.10. The molecule has 0 saturated carbocycles. The van der Waals surface area contributed by atoms with E-state index in [-0.39, 0.29) is 0 Å². The number of aryl methyl sites for hydroxylation is 1. The molecule has 2 rings (SSSR count). The molecule has 17 heavy (non-hydrogen) atoms. The maximum Gasteiger partial charge on any atom is 0.158 e. The highest BCUT2D eigenvalue weighted by molar-refractivity contribution is 8.14. The van der Waals surface area contributed by atoms with Gasteiger partial charge in [-0.25, -0.2) is 4.99 Å². The van der Waals surface area contributed by atoms with E-state index < -0.39 is 0 Å². The van der Waals surface area contributed by atoms with Gasteiger partial charge in [-0.15, -0.1) is 0 Å². The molecule has 0 saturated heterocycles. The summed E-state index contributed by atoms with van der Waals surface area (Å²) in [5.41, 5.74) is 8.44. The number of nitrogens with two attached hydrogens (primary N) is 1. The second-order valence-electron chi connectivity index (χ2n) is 4.24. The van der Waals surface area contributed by atoms with Crippen LogP contribution in [-0.2, 0) is 6.42 Å². The van der Waals surface area contributed by atoms with Gasteiger partial charge in [0, 0.05) is 12.0 Å². The van der Waals surface area contributed by atoms with Crippen molar-refractivity contribution in [2.24, 2.45) is 10.7 Å². The van der Waals surface area contributed by atoms with E-state index in [1.54, 1.807) is 11.8 Å². The summed E-state index contributed by atoms with van der Waals surface area (Å²) < 4.78 is 0. The van der Waals surface area contributed by atoms with Crippen molar-refractivity contribution in [3.05, 3.63) is 47.7 Å². The molecule has 0 spiro atoms. The Hall–Kier alpha value is -1.22. The summed E-state index contributed by atoms with van der Waals surface area (Å²) in [6.07, 6.45) is 6.74. The third kappa shape index (κ3) is 4.27. The number of benzene rings is 1. The summed E-state index contributed by atoms with van der Waals surface area (Å²) in [5.74, 6) is 1.01. The second kappa shape index (κ2) is 6.50. The Balaban J connectivity index is 1.67. The number of aliphatic imine (C=N–C) groups is 1. The number of hydrogen-bond donors (Lipinski definition) is 1. The van der Waals surface area contributed by atoms with Crippen molar-refractivity contribution in [3.8, 4) is 0 Å². The zero-order valence-corrected chi connectivity index (χ0v) is 10.7. The van der Waals surface area contributed by atoms with Crippen LogP contribution < -0.4 is 5.73 Å². The molecule has 0 radical (unpaired) electrons. The molecule has 0 amide bonds. The van der Waals surface area contributed by atoms with Crippen LogP contribution in [-0.4, -0.2) is 10.9 Å². The Labute approximate surface area is 107 Å². The van der Waals surface area contributed by atoms with E-state index in [4.69, 9.17) is 5.73 Å². The number of unbranched alkanes of at least 4 members (excludes halogenated alkanes) is 1. The van der Waals surface area contributed by atoms with Crippen LogP contribution in [0.15, 0.2) is 47.1 Å². The first-order chi connectivity index (χ1) is 8.34. The van der Waals surface area contributed by atoms with E-state index in [1.165, 1.54) is 30.4 Å². The highest BCUT2D eigenvalue weighted by Gasteiger charge is 2.05. The van der Waals surface area contributed by atoms with Gasteiger partial charge >= 0.3 is 0 Å². The summed E-state index contributed by atoms with van der Waals surface area (Å²) in [5, 5.41) is 0.693. The average molecular weight is 246 g/mol. The van der Waals surface area contributed by atoms with Crippen molar-refractivity contribution in [1.29, 1.82) is 0 Å². The largest absolute Gasteiger partial charge is 0.378 e. The minimum atomic E-state index is 0.693. The van der Waals surface area contributed by atoms with Gasteiger partial charge in [-0.05, 0) is 36.8 Å². The lowest BCUT2D eigenvalue weighted by Crippen LogP contribution is -2.10. The molecule has 1 aromatic rings. The van der Waals surface area contributed by atoms with Crippen LogP contribution in [0, 0.1) is 0 Å². The molecule has 0 atom stereocenters. The standard InChI is InChI=1S/C14H18N2S/c15-14-16-10-13(11-17-14)9-5-4-8-12-6-2-1-3-7-12/h1-3,6-7,10H,4-5,8-9,11H2,(H2,15,16). The maximum absolute atomic E-state index is 5.60. The van der Waals surface area contributed by atoms with Crippen molar-refractivity contribution in [2.75, 3.05) is 5.75 Å². The predicted octanol–water partition coefficient (Wildman–Crippen LogP) is 3.34. The number of hydrogen-bond acceptors (Lipinski definition) is 3. The summed E-state index contributed by atoms with van der Waals surface area (Å²) in [6.45, 7) is 0. The quantitative estimate of drug-likeness (QED) is 0.809. The first-order valence-corrected chi connectivity index (χ1v) is 7.01. The average Bonchev–Trinajstić information content (AvgIpc) is 2.38. The summed E-state index contributed by atoms with van der Waals surface area (Å²) in [6, 6.07) is 10.7. The van der Waals surface area contributed by atoms with Crippen molar-refractivity contribution in [2.45, 2.75) is 25.7 Å². The fourth-order valence-corrected chi connectivity index (χ4v) is 2.54. The van der Waals surface area contributed by atoms with E-state index >= 15 is 0 Å². The molecular formula is C14H18N2S. The van der Waals surface area contributed by atoms with E-state index in [0.29, 0.717) is 5.17 Å². The predicted molar refractivity (Wildman–Crippen MR) is 76.2 cm³/mol. The van der Waals surface area contributed by atoms with Gasteiger partial charge in [0.25, 0.3) is 0 Å². The molecule has 1 aliphatic heterocycles. The summed E-state index contributed by atoms with van der Waals surface area (Å²) >= 11 is 1.64. The molecule has 90 valence electrons. The minimum Gasteiger partial charge on any atom is -0.378 e. The van der Waals surface area contributed by atoms with Crippen LogP contribution in [0.2, 0.25) is 0 Å². The van der Waals surface area contributed by atoms with Crippen molar-refractivity contribution >= 4 is 16.9 Å². The van der Waals surface area contributed by atoms with Crippen molar-refractivity contribution in [3.63, 3.8) is 0 Å². The molecule has 2 nitrogen and oxygen atoms in total. The molecule has 2 N–H and O–H groups in total. The Bertz CT molecular complexity index is 409. The summed E-state index contributed by atoms with van der Waals surface area (Å²) in [7, 11) is 0. The summed E-state index contributed by atoms with van der Waals surface area (Å²) in [4.78, 5) is 4.14. The lowest BCUT2D eigenvalue weighted by atomic mass is 10.1. The maximum atomic E-state index is 5.60. The number of thioether (sulfide) groups is 1. The van der Waals surface area contributed by atoms with Gasteiger partial charge in [0.1, 0.15) is 0 Å². The van der Waals surface area contributed by atoms with Crippen LogP contribution in [0.5, 0.6) is 0 Å². The number of rotatable bonds is 5. The van der Waals surface area contributed by atoms with Crippen molar-refractivity contribution < 1.29 is 0 Å². The molecule has 0 unspecified atom stereocenters. The van der Waals surface area contributed by atoms with Gasteiger partial charge in [-0.2, -0.15) is 0 Å². The minimum absolute atomic E-state index is 0.693.